The molecule has 0 aromatic carbocycles. The summed E-state index contributed by atoms with van der Waals surface area (Å²) in [4.78, 5) is 6.90. The largest absolute Gasteiger partial charge is 0.370 e. The minimum atomic E-state index is 0.632. The fraction of sp³-hybridized carbons (Fsp3) is 0.667. The molecule has 0 aliphatic carbocycles. The van der Waals surface area contributed by atoms with Crippen LogP contribution in [0.5, 0.6) is 0 Å². The normalized spacial score (nSPS) is 12.5. The van der Waals surface area contributed by atoms with Crippen LogP contribution in [0.2, 0.25) is 0 Å². The maximum atomic E-state index is 4.53. The molecule has 4 heteroatoms. The second kappa shape index (κ2) is 8.75. The summed E-state index contributed by atoms with van der Waals surface area (Å²) < 4.78 is 0. The maximum absolute atomic E-state index is 4.53. The van der Waals surface area contributed by atoms with Gasteiger partial charge in [0.05, 0.1) is 0 Å². The van der Waals surface area contributed by atoms with Crippen molar-refractivity contribution in [3.05, 3.63) is 18.2 Å². The predicted molar refractivity (Wildman–Crippen MR) is 83.9 cm³/mol. The van der Waals surface area contributed by atoms with Gasteiger partial charge in [-0.25, -0.2) is 4.98 Å². The summed E-state index contributed by atoms with van der Waals surface area (Å²) in [6.45, 7) is 9.55. The van der Waals surface area contributed by atoms with Crippen LogP contribution in [0.15, 0.2) is 18.2 Å². The summed E-state index contributed by atoms with van der Waals surface area (Å²) in [6, 6.07) is 6.69. The highest BCUT2D eigenvalue weighted by Crippen LogP contribution is 2.09. The molecule has 0 aliphatic rings. The number of rotatable bonds is 9. The first-order valence-electron chi connectivity index (χ1n) is 7.32. The van der Waals surface area contributed by atoms with Gasteiger partial charge in [-0.3, -0.25) is 0 Å². The average Bonchev–Trinajstić information content (AvgIpc) is 2.44. The second-order valence-electron chi connectivity index (χ2n) is 5.00. The molecular weight excluding hydrogens is 236 g/mol. The lowest BCUT2D eigenvalue weighted by molar-refractivity contribution is 0.261. The first kappa shape index (κ1) is 15.8. The molecule has 0 fully saturated rings. The highest BCUT2D eigenvalue weighted by Gasteiger charge is 2.05. The molecular formula is C15H28N4. The van der Waals surface area contributed by atoms with Crippen molar-refractivity contribution >= 4 is 11.6 Å². The summed E-state index contributed by atoms with van der Waals surface area (Å²) >= 11 is 0. The van der Waals surface area contributed by atoms with Gasteiger partial charge in [0.15, 0.2) is 0 Å². The Bertz CT molecular complexity index is 354. The SMILES string of the molecule is CCCNc1cccc(NCCN(C)C(C)CC)n1. The van der Waals surface area contributed by atoms with Gasteiger partial charge in [-0.05, 0) is 38.9 Å². The molecule has 1 unspecified atom stereocenters. The van der Waals surface area contributed by atoms with Crippen LogP contribution < -0.4 is 10.6 Å². The van der Waals surface area contributed by atoms with E-state index in [1.165, 1.54) is 6.42 Å². The van der Waals surface area contributed by atoms with Crippen LogP contribution in [-0.2, 0) is 0 Å². The second-order valence-corrected chi connectivity index (χ2v) is 5.00. The summed E-state index contributed by atoms with van der Waals surface area (Å²) in [7, 11) is 2.17. The molecule has 1 aromatic rings. The predicted octanol–water partition coefficient (Wildman–Crippen LogP) is 3.05. The van der Waals surface area contributed by atoms with E-state index >= 15 is 0 Å². The van der Waals surface area contributed by atoms with E-state index in [-0.39, 0.29) is 0 Å². The quantitative estimate of drug-likeness (QED) is 0.719. The van der Waals surface area contributed by atoms with Gasteiger partial charge in [-0.1, -0.05) is 19.9 Å². The van der Waals surface area contributed by atoms with Gasteiger partial charge in [-0.2, -0.15) is 0 Å². The van der Waals surface area contributed by atoms with Gasteiger partial charge < -0.3 is 15.5 Å². The topological polar surface area (TPSA) is 40.2 Å². The summed E-state index contributed by atoms with van der Waals surface area (Å²) in [5.41, 5.74) is 0. The molecule has 1 atom stereocenters. The lowest BCUT2D eigenvalue weighted by Crippen LogP contribution is -2.32. The third-order valence-corrected chi connectivity index (χ3v) is 3.42. The number of hydrogen-bond donors (Lipinski definition) is 2. The van der Waals surface area contributed by atoms with Crippen molar-refractivity contribution in [1.29, 1.82) is 0 Å². The van der Waals surface area contributed by atoms with E-state index in [4.69, 9.17) is 0 Å². The van der Waals surface area contributed by atoms with E-state index in [9.17, 15) is 0 Å². The van der Waals surface area contributed by atoms with E-state index < -0.39 is 0 Å². The molecule has 0 spiro atoms. The molecule has 1 rings (SSSR count). The van der Waals surface area contributed by atoms with Gasteiger partial charge in [-0.15, -0.1) is 0 Å². The zero-order valence-electron chi connectivity index (χ0n) is 12.7. The Morgan fingerprint density at radius 3 is 2.37 bits per heavy atom. The third kappa shape index (κ3) is 5.92. The number of nitrogens with one attached hydrogen (secondary N) is 2. The van der Waals surface area contributed by atoms with E-state index in [1.807, 2.05) is 18.2 Å². The van der Waals surface area contributed by atoms with Crippen LogP contribution in [-0.4, -0.2) is 42.6 Å². The molecule has 0 saturated carbocycles. The molecule has 19 heavy (non-hydrogen) atoms. The highest BCUT2D eigenvalue weighted by atomic mass is 15.1. The fourth-order valence-electron chi connectivity index (χ4n) is 1.78. The van der Waals surface area contributed by atoms with Crippen LogP contribution in [0.3, 0.4) is 0 Å². The highest BCUT2D eigenvalue weighted by molar-refractivity contribution is 5.44. The standard InChI is InChI=1S/C15H28N4/c1-5-10-16-14-8-7-9-15(18-14)17-11-12-19(4)13(3)6-2/h7-9,13H,5-6,10-12H2,1-4H3,(H2,16,17,18). The molecule has 0 saturated heterocycles. The minimum Gasteiger partial charge on any atom is -0.370 e. The molecule has 0 bridgehead atoms. The first-order valence-corrected chi connectivity index (χ1v) is 7.32. The Morgan fingerprint density at radius 1 is 1.16 bits per heavy atom. The summed E-state index contributed by atoms with van der Waals surface area (Å²) in [5, 5.41) is 6.68. The van der Waals surface area contributed by atoms with Crippen LogP contribution in [0, 0.1) is 0 Å². The maximum Gasteiger partial charge on any atom is 0.128 e. The number of pyridine rings is 1. The van der Waals surface area contributed by atoms with E-state index in [0.29, 0.717) is 6.04 Å². The number of hydrogen-bond acceptors (Lipinski definition) is 4. The van der Waals surface area contributed by atoms with Gasteiger partial charge in [0, 0.05) is 25.7 Å². The summed E-state index contributed by atoms with van der Waals surface area (Å²) in [6.07, 6.45) is 2.30. The van der Waals surface area contributed by atoms with Gasteiger partial charge in [0.2, 0.25) is 0 Å². The number of nitrogens with zero attached hydrogens (tertiary/aromatic N) is 2. The van der Waals surface area contributed by atoms with Crippen molar-refractivity contribution < 1.29 is 0 Å². The van der Waals surface area contributed by atoms with Crippen molar-refractivity contribution in [3.63, 3.8) is 0 Å². The molecule has 2 N–H and O–H groups in total. The van der Waals surface area contributed by atoms with E-state index in [2.05, 4.69) is 48.3 Å². The van der Waals surface area contributed by atoms with Gasteiger partial charge in [0.25, 0.3) is 0 Å². The smallest absolute Gasteiger partial charge is 0.128 e. The van der Waals surface area contributed by atoms with Crippen molar-refractivity contribution in [1.82, 2.24) is 9.88 Å². The fourth-order valence-corrected chi connectivity index (χ4v) is 1.78. The molecule has 0 aliphatic heterocycles. The van der Waals surface area contributed by atoms with Gasteiger partial charge >= 0.3 is 0 Å². The van der Waals surface area contributed by atoms with E-state index in [0.717, 1.165) is 37.7 Å². The molecule has 0 amide bonds. The van der Waals surface area contributed by atoms with Crippen molar-refractivity contribution in [3.8, 4) is 0 Å². The lowest BCUT2D eigenvalue weighted by atomic mass is 10.2. The van der Waals surface area contributed by atoms with Crippen LogP contribution in [0.1, 0.15) is 33.6 Å². The third-order valence-electron chi connectivity index (χ3n) is 3.42. The van der Waals surface area contributed by atoms with Crippen molar-refractivity contribution in [2.24, 2.45) is 0 Å². The zero-order valence-corrected chi connectivity index (χ0v) is 12.7. The van der Waals surface area contributed by atoms with Crippen LogP contribution in [0.4, 0.5) is 11.6 Å². The monoisotopic (exact) mass is 264 g/mol. The number of aromatic nitrogens is 1. The summed E-state index contributed by atoms with van der Waals surface area (Å²) in [5.74, 6) is 1.89. The Hall–Kier alpha value is -1.29. The molecule has 1 heterocycles. The Balaban J connectivity index is 2.36. The lowest BCUT2D eigenvalue weighted by Gasteiger charge is -2.23. The number of anilines is 2. The number of likely N-dealkylation sites (N-methyl/N-ethyl adjacent to an activating group) is 1. The van der Waals surface area contributed by atoms with Crippen molar-refractivity contribution in [2.75, 3.05) is 37.3 Å². The minimum absolute atomic E-state index is 0.632. The Labute approximate surface area is 117 Å². The zero-order chi connectivity index (χ0) is 14.1. The molecule has 0 radical (unpaired) electrons. The van der Waals surface area contributed by atoms with Crippen LogP contribution >= 0.6 is 0 Å². The van der Waals surface area contributed by atoms with E-state index in [1.54, 1.807) is 0 Å². The van der Waals surface area contributed by atoms with Crippen molar-refractivity contribution in [2.45, 2.75) is 39.7 Å². The Kier molecular flexibility index (Phi) is 7.26. The van der Waals surface area contributed by atoms with Gasteiger partial charge in [0.1, 0.15) is 11.6 Å². The first-order chi connectivity index (χ1) is 9.17. The Morgan fingerprint density at radius 2 is 1.79 bits per heavy atom. The molecule has 1 aromatic heterocycles. The average molecular weight is 264 g/mol. The van der Waals surface area contributed by atoms with Crippen LogP contribution in [0.25, 0.3) is 0 Å². The molecule has 4 nitrogen and oxygen atoms in total. The molecule has 108 valence electrons.